The summed E-state index contributed by atoms with van der Waals surface area (Å²) in [6.45, 7) is 0. The van der Waals surface area contributed by atoms with E-state index in [0.717, 1.165) is 0 Å². The Hall–Kier alpha value is -1.74. The zero-order chi connectivity index (χ0) is 10.7. The number of para-hydroxylation sites is 1. The van der Waals surface area contributed by atoms with Crippen molar-refractivity contribution in [3.63, 3.8) is 0 Å². The first-order chi connectivity index (χ1) is 7.25. The fourth-order valence-electron chi connectivity index (χ4n) is 1.23. The highest BCUT2D eigenvalue weighted by molar-refractivity contribution is 5.85. The number of anilines is 1. The molecule has 2 rings (SSSR count). The van der Waals surface area contributed by atoms with Gasteiger partial charge in [0.05, 0.1) is 0 Å². The van der Waals surface area contributed by atoms with Gasteiger partial charge >= 0.3 is 0 Å². The van der Waals surface area contributed by atoms with Gasteiger partial charge in [0, 0.05) is 11.8 Å². The van der Waals surface area contributed by atoms with Crippen LogP contribution in [-0.2, 0) is 0 Å². The number of nitrogens with two attached hydrogens (primary N) is 1. The summed E-state index contributed by atoms with van der Waals surface area (Å²) < 4.78 is 18.6. The van der Waals surface area contributed by atoms with Gasteiger partial charge in [-0.15, -0.1) is 12.4 Å². The van der Waals surface area contributed by atoms with Crippen LogP contribution in [0.4, 0.5) is 10.1 Å². The van der Waals surface area contributed by atoms with Gasteiger partial charge in [0.1, 0.15) is 5.75 Å². The predicted octanol–water partition coefficient (Wildman–Crippen LogP) is 3.62. The Morgan fingerprint density at radius 1 is 1.00 bits per heavy atom. The molecule has 0 fully saturated rings. The number of nitrogen functional groups attached to an aromatic ring is 1. The molecule has 0 aromatic heterocycles. The van der Waals surface area contributed by atoms with Crippen molar-refractivity contribution < 1.29 is 9.13 Å². The zero-order valence-corrected chi connectivity index (χ0v) is 9.21. The smallest absolute Gasteiger partial charge is 0.165 e. The van der Waals surface area contributed by atoms with E-state index in [1.807, 2.05) is 0 Å². The van der Waals surface area contributed by atoms with E-state index < -0.39 is 0 Å². The molecule has 2 aromatic rings. The topological polar surface area (TPSA) is 35.2 Å². The Balaban J connectivity index is 0.00000128. The van der Waals surface area contributed by atoms with Crippen molar-refractivity contribution in [3.8, 4) is 11.5 Å². The van der Waals surface area contributed by atoms with Gasteiger partial charge in [-0.1, -0.05) is 18.2 Å². The Bertz CT molecular complexity index is 476. The number of hydrogen-bond donors (Lipinski definition) is 1. The quantitative estimate of drug-likeness (QED) is 0.813. The molecule has 0 radical (unpaired) electrons. The maximum absolute atomic E-state index is 13.2. The second-order valence-corrected chi connectivity index (χ2v) is 3.10. The Kier molecular flexibility index (Phi) is 4.14. The highest BCUT2D eigenvalue weighted by atomic mass is 35.5. The number of hydrogen-bond acceptors (Lipinski definition) is 2. The van der Waals surface area contributed by atoms with Crippen molar-refractivity contribution in [2.75, 3.05) is 5.73 Å². The van der Waals surface area contributed by atoms with E-state index in [1.54, 1.807) is 42.5 Å². The SMILES string of the molecule is Cl.Nc1cccc(Oc2ccccc2F)c1. The Labute approximate surface area is 99.3 Å². The first-order valence-corrected chi connectivity index (χ1v) is 4.53. The average Bonchev–Trinajstić information content (AvgIpc) is 2.22. The summed E-state index contributed by atoms with van der Waals surface area (Å²) in [6, 6.07) is 13.1. The molecular formula is C12H11ClFNO. The maximum Gasteiger partial charge on any atom is 0.165 e. The largest absolute Gasteiger partial charge is 0.454 e. The van der Waals surface area contributed by atoms with Crippen LogP contribution in [0.25, 0.3) is 0 Å². The third-order valence-electron chi connectivity index (χ3n) is 1.92. The van der Waals surface area contributed by atoms with E-state index in [0.29, 0.717) is 11.4 Å². The van der Waals surface area contributed by atoms with Gasteiger partial charge in [-0.3, -0.25) is 0 Å². The molecule has 0 heterocycles. The molecular weight excluding hydrogens is 229 g/mol. The first kappa shape index (κ1) is 12.3. The molecule has 0 amide bonds. The number of halogens is 2. The van der Waals surface area contributed by atoms with Crippen LogP contribution >= 0.6 is 12.4 Å². The van der Waals surface area contributed by atoms with E-state index in [4.69, 9.17) is 10.5 Å². The second kappa shape index (κ2) is 5.37. The van der Waals surface area contributed by atoms with E-state index in [2.05, 4.69) is 0 Å². The molecule has 0 atom stereocenters. The van der Waals surface area contributed by atoms with Crippen molar-refractivity contribution in [1.29, 1.82) is 0 Å². The van der Waals surface area contributed by atoms with Crippen LogP contribution in [0.2, 0.25) is 0 Å². The van der Waals surface area contributed by atoms with Crippen molar-refractivity contribution >= 4 is 18.1 Å². The lowest BCUT2D eigenvalue weighted by Crippen LogP contribution is -1.89. The summed E-state index contributed by atoms with van der Waals surface area (Å²) >= 11 is 0. The molecule has 0 bridgehead atoms. The lowest BCUT2D eigenvalue weighted by atomic mass is 10.3. The molecule has 0 aliphatic rings. The molecule has 0 saturated heterocycles. The van der Waals surface area contributed by atoms with Gasteiger partial charge in [0.25, 0.3) is 0 Å². The molecule has 2 N–H and O–H groups in total. The predicted molar refractivity (Wildman–Crippen MR) is 64.6 cm³/mol. The fourth-order valence-corrected chi connectivity index (χ4v) is 1.23. The van der Waals surface area contributed by atoms with Crippen LogP contribution < -0.4 is 10.5 Å². The summed E-state index contributed by atoms with van der Waals surface area (Å²) in [7, 11) is 0. The minimum atomic E-state index is -0.389. The summed E-state index contributed by atoms with van der Waals surface area (Å²) in [6.07, 6.45) is 0. The van der Waals surface area contributed by atoms with Crippen LogP contribution in [0, 0.1) is 5.82 Å². The van der Waals surface area contributed by atoms with Crippen LogP contribution in [0.3, 0.4) is 0 Å². The summed E-state index contributed by atoms with van der Waals surface area (Å²) in [5, 5.41) is 0. The average molecular weight is 240 g/mol. The standard InChI is InChI=1S/C12H10FNO.ClH/c13-11-6-1-2-7-12(11)15-10-5-3-4-9(14)8-10;/h1-8H,14H2;1H. The van der Waals surface area contributed by atoms with Gasteiger partial charge in [-0.2, -0.15) is 0 Å². The van der Waals surface area contributed by atoms with E-state index in [9.17, 15) is 4.39 Å². The van der Waals surface area contributed by atoms with E-state index in [1.165, 1.54) is 6.07 Å². The molecule has 0 aliphatic carbocycles. The fraction of sp³-hybridized carbons (Fsp3) is 0. The number of benzene rings is 2. The molecule has 84 valence electrons. The zero-order valence-electron chi connectivity index (χ0n) is 8.39. The van der Waals surface area contributed by atoms with E-state index >= 15 is 0 Å². The third kappa shape index (κ3) is 2.87. The van der Waals surface area contributed by atoms with Crippen molar-refractivity contribution in [2.24, 2.45) is 0 Å². The lowest BCUT2D eigenvalue weighted by Gasteiger charge is -2.06. The molecule has 0 spiro atoms. The number of rotatable bonds is 2. The van der Waals surface area contributed by atoms with Gasteiger partial charge in [0.15, 0.2) is 11.6 Å². The minimum Gasteiger partial charge on any atom is -0.454 e. The summed E-state index contributed by atoms with van der Waals surface area (Å²) in [5.41, 5.74) is 6.16. The van der Waals surface area contributed by atoms with Crippen LogP contribution in [-0.4, -0.2) is 0 Å². The molecule has 4 heteroatoms. The van der Waals surface area contributed by atoms with Crippen LogP contribution in [0.5, 0.6) is 11.5 Å². The maximum atomic E-state index is 13.2. The second-order valence-electron chi connectivity index (χ2n) is 3.10. The first-order valence-electron chi connectivity index (χ1n) is 4.53. The van der Waals surface area contributed by atoms with Gasteiger partial charge in [-0.05, 0) is 24.3 Å². The van der Waals surface area contributed by atoms with Crippen molar-refractivity contribution in [3.05, 3.63) is 54.3 Å². The molecule has 2 nitrogen and oxygen atoms in total. The van der Waals surface area contributed by atoms with Crippen LogP contribution in [0.1, 0.15) is 0 Å². The minimum absolute atomic E-state index is 0. The highest BCUT2D eigenvalue weighted by Crippen LogP contribution is 2.24. The Morgan fingerprint density at radius 3 is 2.44 bits per heavy atom. The highest BCUT2D eigenvalue weighted by Gasteiger charge is 2.02. The van der Waals surface area contributed by atoms with Crippen molar-refractivity contribution in [1.82, 2.24) is 0 Å². The van der Waals surface area contributed by atoms with Gasteiger partial charge in [-0.25, -0.2) is 4.39 Å². The Morgan fingerprint density at radius 2 is 1.75 bits per heavy atom. The van der Waals surface area contributed by atoms with E-state index in [-0.39, 0.29) is 24.0 Å². The molecule has 2 aromatic carbocycles. The normalized spacial score (nSPS) is 9.31. The monoisotopic (exact) mass is 239 g/mol. The van der Waals surface area contributed by atoms with Crippen LogP contribution in [0.15, 0.2) is 48.5 Å². The molecule has 0 aliphatic heterocycles. The molecule has 16 heavy (non-hydrogen) atoms. The van der Waals surface area contributed by atoms with Gasteiger partial charge in [0.2, 0.25) is 0 Å². The molecule has 0 saturated carbocycles. The molecule has 0 unspecified atom stereocenters. The number of ether oxygens (including phenoxy) is 1. The summed E-state index contributed by atoms with van der Waals surface area (Å²) in [4.78, 5) is 0. The van der Waals surface area contributed by atoms with Gasteiger partial charge < -0.3 is 10.5 Å². The van der Waals surface area contributed by atoms with Crippen molar-refractivity contribution in [2.45, 2.75) is 0 Å². The third-order valence-corrected chi connectivity index (χ3v) is 1.92. The summed E-state index contributed by atoms with van der Waals surface area (Å²) in [5.74, 6) is 0.336. The lowest BCUT2D eigenvalue weighted by molar-refractivity contribution is 0.442.